The molecule has 2 heterocycles. The highest BCUT2D eigenvalue weighted by atomic mass is 19.4. The van der Waals surface area contributed by atoms with Crippen molar-refractivity contribution in [3.8, 4) is 5.88 Å². The van der Waals surface area contributed by atoms with E-state index in [1.165, 1.54) is 24.4 Å². The zero-order valence-corrected chi connectivity index (χ0v) is 17.0. The van der Waals surface area contributed by atoms with Gasteiger partial charge in [-0.05, 0) is 25.1 Å². The first-order valence-corrected chi connectivity index (χ1v) is 9.84. The van der Waals surface area contributed by atoms with Crippen LogP contribution in [0, 0.1) is 0 Å². The molecule has 1 aromatic heterocycles. The minimum absolute atomic E-state index is 0.0576. The number of nitrogens with zero attached hydrogens (tertiary/aromatic N) is 3. The number of carbonyl (C=O) groups is 2. The van der Waals surface area contributed by atoms with Gasteiger partial charge in [-0.2, -0.15) is 13.2 Å². The Morgan fingerprint density at radius 2 is 1.84 bits per heavy atom. The summed E-state index contributed by atoms with van der Waals surface area (Å²) in [5, 5.41) is 2.34. The number of amides is 2. The fourth-order valence-corrected chi connectivity index (χ4v) is 3.29. The van der Waals surface area contributed by atoms with Crippen LogP contribution in [-0.2, 0) is 11.0 Å². The van der Waals surface area contributed by atoms with Crippen molar-refractivity contribution in [3.05, 3.63) is 53.7 Å². The number of hydrogen-bond acceptors (Lipinski definition) is 5. The van der Waals surface area contributed by atoms with Crippen LogP contribution in [0.15, 0.2) is 42.6 Å². The number of benzene rings is 1. The van der Waals surface area contributed by atoms with Gasteiger partial charge in [0.25, 0.3) is 5.91 Å². The maximum absolute atomic E-state index is 13.1. The molecule has 1 aromatic carbocycles. The molecule has 10 heteroatoms. The molecule has 1 aliphatic heterocycles. The van der Waals surface area contributed by atoms with E-state index >= 15 is 0 Å². The predicted octanol–water partition coefficient (Wildman–Crippen LogP) is 2.90. The normalized spacial score (nSPS) is 14.9. The minimum atomic E-state index is -4.55. The van der Waals surface area contributed by atoms with Crippen molar-refractivity contribution >= 4 is 17.5 Å². The number of hydrogen-bond donors (Lipinski definition) is 1. The fourth-order valence-electron chi connectivity index (χ4n) is 3.29. The topological polar surface area (TPSA) is 74.8 Å². The Hall–Kier alpha value is -3.14. The van der Waals surface area contributed by atoms with Crippen molar-refractivity contribution in [1.29, 1.82) is 0 Å². The first-order valence-electron chi connectivity index (χ1n) is 9.84. The summed E-state index contributed by atoms with van der Waals surface area (Å²) in [4.78, 5) is 32.5. The van der Waals surface area contributed by atoms with Crippen LogP contribution in [0.2, 0.25) is 0 Å². The molecule has 0 atom stereocenters. The van der Waals surface area contributed by atoms with Gasteiger partial charge in [0.05, 0.1) is 24.4 Å². The van der Waals surface area contributed by atoms with E-state index in [9.17, 15) is 22.8 Å². The van der Waals surface area contributed by atoms with Crippen LogP contribution in [0.1, 0.15) is 22.8 Å². The summed E-state index contributed by atoms with van der Waals surface area (Å²) in [5.41, 5.74) is -0.687. The van der Waals surface area contributed by atoms with E-state index in [-0.39, 0.29) is 18.1 Å². The molecule has 1 saturated heterocycles. The van der Waals surface area contributed by atoms with Gasteiger partial charge in [0.15, 0.2) is 0 Å². The number of ether oxygens (including phenoxy) is 1. The van der Waals surface area contributed by atoms with Gasteiger partial charge in [-0.3, -0.25) is 14.5 Å². The predicted molar refractivity (Wildman–Crippen MR) is 108 cm³/mol. The van der Waals surface area contributed by atoms with E-state index < -0.39 is 17.6 Å². The highest BCUT2D eigenvalue weighted by Gasteiger charge is 2.33. The lowest BCUT2D eigenvalue weighted by molar-refractivity contribution is -0.137. The standard InChI is InChI=1S/C21H23F3N4O3/c1-2-31-19-13-15(7-8-25-19)20(30)28-11-9-27(10-12-28)14-18(29)26-17-6-4-3-5-16(17)21(22,23)24/h3-8,13H,2,9-12,14H2,1H3,(H,26,29). The highest BCUT2D eigenvalue weighted by Crippen LogP contribution is 2.34. The number of halogens is 3. The Morgan fingerprint density at radius 1 is 1.13 bits per heavy atom. The van der Waals surface area contributed by atoms with Crippen LogP contribution >= 0.6 is 0 Å². The van der Waals surface area contributed by atoms with Crippen molar-refractivity contribution in [2.24, 2.45) is 0 Å². The molecule has 1 N–H and O–H groups in total. The summed E-state index contributed by atoms with van der Waals surface area (Å²) in [6, 6.07) is 8.06. The Balaban J connectivity index is 1.53. The number of carbonyl (C=O) groups excluding carboxylic acids is 2. The van der Waals surface area contributed by atoms with Gasteiger partial charge in [0, 0.05) is 44.0 Å². The van der Waals surface area contributed by atoms with Crippen LogP contribution in [0.3, 0.4) is 0 Å². The van der Waals surface area contributed by atoms with Gasteiger partial charge >= 0.3 is 6.18 Å². The third-order valence-corrected chi connectivity index (χ3v) is 4.81. The first-order chi connectivity index (χ1) is 14.8. The maximum Gasteiger partial charge on any atom is 0.418 e. The lowest BCUT2D eigenvalue weighted by Gasteiger charge is -2.34. The summed E-state index contributed by atoms with van der Waals surface area (Å²) in [7, 11) is 0. The molecular formula is C21H23F3N4O3. The van der Waals surface area contributed by atoms with Crippen LogP contribution in [0.5, 0.6) is 5.88 Å². The molecule has 0 saturated carbocycles. The molecule has 0 spiro atoms. The lowest BCUT2D eigenvalue weighted by Crippen LogP contribution is -2.50. The molecule has 166 valence electrons. The number of nitrogens with one attached hydrogen (secondary N) is 1. The van der Waals surface area contributed by atoms with Crippen LogP contribution < -0.4 is 10.1 Å². The van der Waals surface area contributed by atoms with E-state index in [0.29, 0.717) is 44.2 Å². The molecule has 0 bridgehead atoms. The van der Waals surface area contributed by atoms with Gasteiger partial charge < -0.3 is 15.0 Å². The average Bonchev–Trinajstić information content (AvgIpc) is 2.74. The van der Waals surface area contributed by atoms with Gasteiger partial charge in [0.2, 0.25) is 11.8 Å². The molecule has 7 nitrogen and oxygen atoms in total. The summed E-state index contributed by atoms with van der Waals surface area (Å²) in [6.07, 6.45) is -3.04. The number of para-hydroxylation sites is 1. The largest absolute Gasteiger partial charge is 0.478 e. The molecule has 1 fully saturated rings. The van der Waals surface area contributed by atoms with E-state index in [4.69, 9.17) is 4.74 Å². The molecule has 3 rings (SSSR count). The van der Waals surface area contributed by atoms with Crippen molar-refractivity contribution < 1.29 is 27.5 Å². The summed E-state index contributed by atoms with van der Waals surface area (Å²) in [5.74, 6) is -0.318. The van der Waals surface area contributed by atoms with Gasteiger partial charge in [-0.1, -0.05) is 12.1 Å². The van der Waals surface area contributed by atoms with Crippen LogP contribution in [0.4, 0.5) is 18.9 Å². The van der Waals surface area contributed by atoms with Crippen molar-refractivity contribution in [2.45, 2.75) is 13.1 Å². The number of pyridine rings is 1. The monoisotopic (exact) mass is 436 g/mol. The number of piperazine rings is 1. The van der Waals surface area contributed by atoms with Crippen LogP contribution in [-0.4, -0.2) is 65.9 Å². The van der Waals surface area contributed by atoms with E-state index in [1.54, 1.807) is 21.9 Å². The second-order valence-electron chi connectivity index (χ2n) is 6.98. The van der Waals surface area contributed by atoms with Gasteiger partial charge in [-0.25, -0.2) is 4.98 Å². The van der Waals surface area contributed by atoms with E-state index in [2.05, 4.69) is 10.3 Å². The highest BCUT2D eigenvalue weighted by molar-refractivity contribution is 5.95. The summed E-state index contributed by atoms with van der Waals surface area (Å²) >= 11 is 0. The SMILES string of the molecule is CCOc1cc(C(=O)N2CCN(CC(=O)Nc3ccccc3C(F)(F)F)CC2)ccn1. The van der Waals surface area contributed by atoms with Gasteiger partial charge in [-0.15, -0.1) is 0 Å². The smallest absolute Gasteiger partial charge is 0.418 e. The van der Waals surface area contributed by atoms with Crippen molar-refractivity contribution in [3.63, 3.8) is 0 Å². The third kappa shape index (κ3) is 5.94. The molecule has 0 unspecified atom stereocenters. The molecule has 1 aliphatic rings. The number of rotatable bonds is 6. The Bertz CT molecular complexity index is 928. The number of aromatic nitrogens is 1. The molecule has 2 amide bonds. The van der Waals surface area contributed by atoms with Crippen molar-refractivity contribution in [1.82, 2.24) is 14.8 Å². The second kappa shape index (κ2) is 9.78. The fraction of sp³-hybridized carbons (Fsp3) is 0.381. The first kappa shape index (κ1) is 22.5. The van der Waals surface area contributed by atoms with Crippen molar-refractivity contribution in [2.75, 3.05) is 44.6 Å². The third-order valence-electron chi connectivity index (χ3n) is 4.81. The lowest BCUT2D eigenvalue weighted by atomic mass is 10.1. The Labute approximate surface area is 177 Å². The number of anilines is 1. The quantitative estimate of drug-likeness (QED) is 0.754. The van der Waals surface area contributed by atoms with E-state index in [0.717, 1.165) is 6.07 Å². The van der Waals surface area contributed by atoms with Crippen LogP contribution in [0.25, 0.3) is 0 Å². The molecule has 31 heavy (non-hydrogen) atoms. The zero-order chi connectivity index (χ0) is 22.4. The number of alkyl halides is 3. The average molecular weight is 436 g/mol. The second-order valence-corrected chi connectivity index (χ2v) is 6.98. The summed E-state index contributed by atoms with van der Waals surface area (Å²) in [6.45, 7) is 3.88. The summed E-state index contributed by atoms with van der Waals surface area (Å²) < 4.78 is 44.5. The zero-order valence-electron chi connectivity index (χ0n) is 17.0. The Morgan fingerprint density at radius 3 is 2.52 bits per heavy atom. The minimum Gasteiger partial charge on any atom is -0.478 e. The molecule has 2 aromatic rings. The Kier molecular flexibility index (Phi) is 7.11. The maximum atomic E-state index is 13.1. The molecular weight excluding hydrogens is 413 g/mol. The molecule has 0 aliphatic carbocycles. The van der Waals surface area contributed by atoms with Gasteiger partial charge in [0.1, 0.15) is 0 Å². The molecule has 0 radical (unpaired) electrons. The van der Waals surface area contributed by atoms with E-state index in [1.807, 2.05) is 6.92 Å².